The fourth-order valence-electron chi connectivity index (χ4n) is 2.71. The zero-order valence-electron chi connectivity index (χ0n) is 11.5. The number of phenols is 1. The molecule has 104 valence electrons. The molecule has 0 bridgehead atoms. The van der Waals surface area contributed by atoms with Crippen molar-refractivity contribution in [1.82, 2.24) is 4.90 Å². The maximum Gasteiger partial charge on any atom is 0.257 e. The Morgan fingerprint density at radius 2 is 2.00 bits per heavy atom. The molecule has 2 rings (SSSR count). The lowest BCUT2D eigenvalue weighted by atomic mass is 9.91. The van der Waals surface area contributed by atoms with Crippen LogP contribution in [0.2, 0.25) is 0 Å². The third-order valence-electron chi connectivity index (χ3n) is 3.89. The molecule has 1 saturated carbocycles. The van der Waals surface area contributed by atoms with Gasteiger partial charge in [-0.15, -0.1) is 0 Å². The highest BCUT2D eigenvalue weighted by atomic mass is 16.3. The van der Waals surface area contributed by atoms with Gasteiger partial charge in [0, 0.05) is 7.05 Å². The molecule has 4 nitrogen and oxygen atoms in total. The molecule has 1 aromatic carbocycles. The summed E-state index contributed by atoms with van der Waals surface area (Å²) in [5, 5.41) is 19.8. The Morgan fingerprint density at radius 3 is 2.68 bits per heavy atom. The minimum Gasteiger partial charge on any atom is -0.507 e. The average molecular weight is 263 g/mol. The predicted molar refractivity (Wildman–Crippen MR) is 73.2 cm³/mol. The molecular formula is C15H21NO3. The summed E-state index contributed by atoms with van der Waals surface area (Å²) in [5.74, 6) is -0.236. The van der Waals surface area contributed by atoms with E-state index in [2.05, 4.69) is 0 Å². The average Bonchev–Trinajstić information content (AvgIpc) is 2.40. The van der Waals surface area contributed by atoms with Crippen LogP contribution in [0, 0.1) is 6.92 Å². The van der Waals surface area contributed by atoms with Crippen molar-refractivity contribution >= 4 is 5.91 Å². The van der Waals surface area contributed by atoms with Crippen molar-refractivity contribution in [1.29, 1.82) is 0 Å². The Kier molecular flexibility index (Phi) is 4.10. The van der Waals surface area contributed by atoms with Gasteiger partial charge in [0.1, 0.15) is 5.75 Å². The second kappa shape index (κ2) is 5.61. The van der Waals surface area contributed by atoms with E-state index in [1.807, 2.05) is 6.92 Å². The summed E-state index contributed by atoms with van der Waals surface area (Å²) in [5.41, 5.74) is 1.24. The van der Waals surface area contributed by atoms with Gasteiger partial charge in [0.25, 0.3) is 5.91 Å². The van der Waals surface area contributed by atoms with E-state index in [1.165, 1.54) is 6.07 Å². The van der Waals surface area contributed by atoms with Crippen molar-refractivity contribution in [3.63, 3.8) is 0 Å². The smallest absolute Gasteiger partial charge is 0.257 e. The number of aryl methyl sites for hydroxylation is 1. The van der Waals surface area contributed by atoms with Crippen molar-refractivity contribution in [2.75, 3.05) is 7.05 Å². The van der Waals surface area contributed by atoms with Crippen molar-refractivity contribution in [3.8, 4) is 5.75 Å². The van der Waals surface area contributed by atoms with Gasteiger partial charge in [-0.05, 0) is 31.9 Å². The van der Waals surface area contributed by atoms with E-state index >= 15 is 0 Å². The minimum atomic E-state index is -0.463. The molecule has 2 atom stereocenters. The number of phenolic OH excluding ortho intramolecular Hbond substituents is 1. The molecule has 1 aliphatic rings. The van der Waals surface area contributed by atoms with E-state index < -0.39 is 6.10 Å². The molecule has 0 spiro atoms. The Labute approximate surface area is 113 Å². The first kappa shape index (κ1) is 13.9. The van der Waals surface area contributed by atoms with Crippen molar-refractivity contribution in [2.45, 2.75) is 44.8 Å². The number of hydrogen-bond donors (Lipinski definition) is 2. The third-order valence-corrected chi connectivity index (χ3v) is 3.89. The molecule has 19 heavy (non-hydrogen) atoms. The van der Waals surface area contributed by atoms with E-state index in [9.17, 15) is 15.0 Å². The van der Waals surface area contributed by atoms with Gasteiger partial charge < -0.3 is 15.1 Å². The summed E-state index contributed by atoms with van der Waals surface area (Å²) < 4.78 is 0. The number of nitrogens with zero attached hydrogens (tertiary/aromatic N) is 1. The fourth-order valence-corrected chi connectivity index (χ4v) is 2.71. The summed E-state index contributed by atoms with van der Waals surface area (Å²) >= 11 is 0. The lowest BCUT2D eigenvalue weighted by Crippen LogP contribution is -2.46. The first-order chi connectivity index (χ1) is 9.00. The zero-order valence-corrected chi connectivity index (χ0v) is 11.5. The molecule has 4 heteroatoms. The van der Waals surface area contributed by atoms with Crippen LogP contribution in [0.4, 0.5) is 0 Å². The van der Waals surface area contributed by atoms with Gasteiger partial charge in [-0.2, -0.15) is 0 Å². The number of amides is 1. The van der Waals surface area contributed by atoms with Crippen LogP contribution in [-0.4, -0.2) is 40.2 Å². The maximum atomic E-state index is 12.4. The SMILES string of the molecule is Cc1ccc(O)c(C(=O)N(C)C2CCCCC2O)c1. The monoisotopic (exact) mass is 263 g/mol. The standard InChI is InChI=1S/C15H21NO3/c1-10-7-8-13(17)11(9-10)15(19)16(2)12-5-3-4-6-14(12)18/h7-9,12,14,17-18H,3-6H2,1-2H3. The molecular weight excluding hydrogens is 242 g/mol. The fraction of sp³-hybridized carbons (Fsp3) is 0.533. The Morgan fingerprint density at radius 1 is 1.32 bits per heavy atom. The second-order valence-corrected chi connectivity index (χ2v) is 5.36. The summed E-state index contributed by atoms with van der Waals surface area (Å²) in [4.78, 5) is 14.0. The van der Waals surface area contributed by atoms with Gasteiger partial charge >= 0.3 is 0 Å². The molecule has 0 aromatic heterocycles. The van der Waals surface area contributed by atoms with Crippen LogP contribution in [0.3, 0.4) is 0 Å². The number of carbonyl (C=O) groups is 1. The third kappa shape index (κ3) is 2.89. The van der Waals surface area contributed by atoms with Crippen LogP contribution >= 0.6 is 0 Å². The van der Waals surface area contributed by atoms with Crippen LogP contribution in [0.15, 0.2) is 18.2 Å². The second-order valence-electron chi connectivity index (χ2n) is 5.36. The van der Waals surface area contributed by atoms with Crippen molar-refractivity contribution < 1.29 is 15.0 Å². The number of carbonyl (C=O) groups excluding carboxylic acids is 1. The molecule has 0 saturated heterocycles. The van der Waals surface area contributed by atoms with Crippen LogP contribution in [0.5, 0.6) is 5.75 Å². The van der Waals surface area contributed by atoms with Gasteiger partial charge in [-0.1, -0.05) is 24.5 Å². The minimum absolute atomic E-state index is 0.00671. The molecule has 0 aliphatic heterocycles. The Balaban J connectivity index is 2.20. The molecule has 0 radical (unpaired) electrons. The van der Waals surface area contributed by atoms with Crippen LogP contribution in [0.1, 0.15) is 41.6 Å². The number of aliphatic hydroxyl groups is 1. The van der Waals surface area contributed by atoms with Crippen molar-refractivity contribution in [2.24, 2.45) is 0 Å². The zero-order chi connectivity index (χ0) is 14.0. The van der Waals surface area contributed by atoms with Gasteiger partial charge in [-0.25, -0.2) is 0 Å². The normalized spacial score (nSPS) is 23.1. The lowest BCUT2D eigenvalue weighted by Gasteiger charge is -2.35. The molecule has 2 unspecified atom stereocenters. The van der Waals surface area contributed by atoms with E-state index in [-0.39, 0.29) is 17.7 Å². The topological polar surface area (TPSA) is 60.8 Å². The molecule has 1 aromatic rings. The highest BCUT2D eigenvalue weighted by molar-refractivity contribution is 5.97. The highest BCUT2D eigenvalue weighted by Crippen LogP contribution is 2.26. The van der Waals surface area contributed by atoms with E-state index in [0.29, 0.717) is 5.56 Å². The van der Waals surface area contributed by atoms with Gasteiger partial charge in [-0.3, -0.25) is 4.79 Å². The summed E-state index contributed by atoms with van der Waals surface area (Å²) in [6.07, 6.45) is 3.13. The first-order valence-electron chi connectivity index (χ1n) is 6.75. The molecule has 1 amide bonds. The number of hydrogen-bond acceptors (Lipinski definition) is 3. The highest BCUT2D eigenvalue weighted by Gasteiger charge is 2.30. The quantitative estimate of drug-likeness (QED) is 0.858. The summed E-state index contributed by atoms with van der Waals surface area (Å²) in [6, 6.07) is 4.83. The Bertz CT molecular complexity index is 472. The number of likely N-dealkylation sites (N-methyl/N-ethyl adjacent to an activating group) is 1. The van der Waals surface area contributed by atoms with Crippen molar-refractivity contribution in [3.05, 3.63) is 29.3 Å². The van der Waals surface area contributed by atoms with E-state index in [1.54, 1.807) is 24.1 Å². The molecule has 2 N–H and O–H groups in total. The van der Waals surface area contributed by atoms with Gasteiger partial charge in [0.05, 0.1) is 17.7 Å². The number of rotatable bonds is 2. The van der Waals surface area contributed by atoms with E-state index in [4.69, 9.17) is 0 Å². The predicted octanol–water partition coefficient (Wildman–Crippen LogP) is 2.08. The summed E-state index contributed by atoms with van der Waals surface area (Å²) in [7, 11) is 1.70. The largest absolute Gasteiger partial charge is 0.507 e. The first-order valence-corrected chi connectivity index (χ1v) is 6.75. The number of aromatic hydroxyl groups is 1. The molecule has 0 heterocycles. The molecule has 1 aliphatic carbocycles. The number of aliphatic hydroxyl groups excluding tert-OH is 1. The van der Waals surface area contributed by atoms with Gasteiger partial charge in [0.2, 0.25) is 0 Å². The van der Waals surface area contributed by atoms with E-state index in [0.717, 1.165) is 31.2 Å². The summed E-state index contributed by atoms with van der Waals surface area (Å²) in [6.45, 7) is 1.88. The van der Waals surface area contributed by atoms with Crippen LogP contribution in [0.25, 0.3) is 0 Å². The van der Waals surface area contributed by atoms with Crippen LogP contribution in [-0.2, 0) is 0 Å². The lowest BCUT2D eigenvalue weighted by molar-refractivity contribution is 0.0266. The van der Waals surface area contributed by atoms with Gasteiger partial charge in [0.15, 0.2) is 0 Å². The van der Waals surface area contributed by atoms with Crippen LogP contribution < -0.4 is 0 Å². The maximum absolute atomic E-state index is 12.4. The number of benzene rings is 1. The Hall–Kier alpha value is -1.55. The molecule has 1 fully saturated rings.